The van der Waals surface area contributed by atoms with Crippen LogP contribution in [-0.2, 0) is 11.2 Å². The summed E-state index contributed by atoms with van der Waals surface area (Å²) in [5.41, 5.74) is 9.63. The van der Waals surface area contributed by atoms with Gasteiger partial charge in [0.1, 0.15) is 5.82 Å². The molecule has 1 amide bonds. The summed E-state index contributed by atoms with van der Waals surface area (Å²) in [5.74, 6) is -0.549. The number of carbonyl (C=O) groups excluding carboxylic acids is 1. The van der Waals surface area contributed by atoms with Crippen molar-refractivity contribution in [3.8, 4) is 0 Å². The van der Waals surface area contributed by atoms with Gasteiger partial charge in [-0.2, -0.15) is 0 Å². The third-order valence-corrected chi connectivity index (χ3v) is 7.90. The van der Waals surface area contributed by atoms with Crippen LogP contribution in [0.2, 0.25) is 0 Å². The van der Waals surface area contributed by atoms with E-state index in [1.165, 1.54) is 28.5 Å². The number of ether oxygens (including phenoxy) is 1. The number of fused-ring (bicyclic) bond motifs is 1. The number of rotatable bonds is 9. The molecule has 6 rings (SSSR count). The number of aromatic nitrogens is 4. The van der Waals surface area contributed by atoms with Crippen LogP contribution in [0.15, 0.2) is 55.0 Å². The first-order valence-corrected chi connectivity index (χ1v) is 14.5. The molecule has 0 bridgehead atoms. The molecule has 0 atom stereocenters. The van der Waals surface area contributed by atoms with Crippen LogP contribution in [0, 0.1) is 5.82 Å². The molecule has 220 valence electrons. The predicted octanol–water partition coefficient (Wildman–Crippen LogP) is 3.82. The molecule has 4 heterocycles. The van der Waals surface area contributed by atoms with Crippen molar-refractivity contribution in [1.82, 2.24) is 24.5 Å². The highest BCUT2D eigenvalue weighted by Crippen LogP contribution is 2.27. The van der Waals surface area contributed by atoms with Crippen molar-refractivity contribution in [2.75, 3.05) is 48.8 Å². The molecule has 3 aromatic heterocycles. The van der Waals surface area contributed by atoms with Gasteiger partial charge in [-0.15, -0.1) is 5.10 Å². The SMILES string of the molecule is N[C@H]1CC[C@H](Nc2cc(Nc3ccc(CCN4CCOCC4)cc3)c3ncc(C(=O)Nc4ccncc4F)n3n2)CC1. The van der Waals surface area contributed by atoms with E-state index < -0.39 is 11.7 Å². The molecule has 4 aromatic rings. The minimum Gasteiger partial charge on any atom is -0.379 e. The van der Waals surface area contributed by atoms with Gasteiger partial charge in [-0.05, 0) is 55.9 Å². The predicted molar refractivity (Wildman–Crippen MR) is 160 cm³/mol. The quantitative estimate of drug-likeness (QED) is 0.236. The lowest BCUT2D eigenvalue weighted by atomic mass is 9.92. The molecule has 42 heavy (non-hydrogen) atoms. The Morgan fingerprint density at radius 1 is 1.05 bits per heavy atom. The molecule has 2 fully saturated rings. The maximum atomic E-state index is 14.2. The van der Waals surface area contributed by atoms with Gasteiger partial charge in [0, 0.05) is 49.7 Å². The molecule has 1 aliphatic heterocycles. The molecule has 1 saturated carbocycles. The summed E-state index contributed by atoms with van der Waals surface area (Å²) in [6, 6.07) is 12.1. The fourth-order valence-electron chi connectivity index (χ4n) is 5.44. The minimum absolute atomic E-state index is 0.0323. The van der Waals surface area contributed by atoms with Crippen LogP contribution >= 0.6 is 0 Å². The van der Waals surface area contributed by atoms with E-state index in [4.69, 9.17) is 15.6 Å². The number of pyridine rings is 1. The van der Waals surface area contributed by atoms with Crippen molar-refractivity contribution in [1.29, 1.82) is 0 Å². The second-order valence-corrected chi connectivity index (χ2v) is 10.9. The smallest absolute Gasteiger partial charge is 0.276 e. The lowest BCUT2D eigenvalue weighted by Gasteiger charge is -2.27. The van der Waals surface area contributed by atoms with Crippen molar-refractivity contribution in [3.05, 3.63) is 72.1 Å². The Bertz CT molecular complexity index is 1510. The van der Waals surface area contributed by atoms with Crippen LogP contribution in [0.25, 0.3) is 5.65 Å². The number of nitrogens with two attached hydrogens (primary N) is 1. The van der Waals surface area contributed by atoms with E-state index in [1.54, 1.807) is 0 Å². The van der Waals surface area contributed by atoms with Crippen molar-refractivity contribution in [2.24, 2.45) is 5.73 Å². The first-order valence-electron chi connectivity index (χ1n) is 14.5. The summed E-state index contributed by atoms with van der Waals surface area (Å²) < 4.78 is 21.1. The summed E-state index contributed by atoms with van der Waals surface area (Å²) >= 11 is 0. The third-order valence-electron chi connectivity index (χ3n) is 7.90. The van der Waals surface area contributed by atoms with Gasteiger partial charge in [-0.1, -0.05) is 12.1 Å². The second kappa shape index (κ2) is 12.8. The Labute approximate surface area is 243 Å². The van der Waals surface area contributed by atoms with Crippen LogP contribution in [0.4, 0.5) is 27.3 Å². The summed E-state index contributed by atoms with van der Waals surface area (Å²) in [5, 5.41) is 14.3. The van der Waals surface area contributed by atoms with Gasteiger partial charge in [-0.25, -0.2) is 13.9 Å². The van der Waals surface area contributed by atoms with E-state index in [9.17, 15) is 9.18 Å². The Morgan fingerprint density at radius 3 is 2.60 bits per heavy atom. The van der Waals surface area contributed by atoms with Gasteiger partial charge in [0.25, 0.3) is 5.91 Å². The summed E-state index contributed by atoms with van der Waals surface area (Å²) in [6.45, 7) is 4.55. The van der Waals surface area contributed by atoms with E-state index in [-0.39, 0.29) is 23.5 Å². The van der Waals surface area contributed by atoms with Crippen LogP contribution < -0.4 is 21.7 Å². The molecule has 5 N–H and O–H groups in total. The highest BCUT2D eigenvalue weighted by atomic mass is 19.1. The standard InChI is InChI=1S/C30H36FN9O2/c31-24-18-33-11-9-25(24)37-30(41)27-19-34-29-26(17-28(38-40(27)29)36-23-7-3-21(32)4-8-23)35-22-5-1-20(2-6-22)10-12-39-13-15-42-16-14-39/h1-2,5-6,9,11,17-19,21,23,35H,3-4,7-8,10,12-16,32H2,(H,36,38)(H,33,37,41)/t21-,23-. The van der Waals surface area contributed by atoms with Crippen LogP contribution in [0.3, 0.4) is 0 Å². The molecule has 1 aliphatic carbocycles. The number of morpholine rings is 1. The van der Waals surface area contributed by atoms with Crippen molar-refractivity contribution in [2.45, 2.75) is 44.2 Å². The van der Waals surface area contributed by atoms with Crippen molar-refractivity contribution >= 4 is 34.4 Å². The van der Waals surface area contributed by atoms with E-state index in [0.29, 0.717) is 17.2 Å². The minimum atomic E-state index is -0.624. The van der Waals surface area contributed by atoms with Crippen LogP contribution in [-0.4, -0.2) is 75.3 Å². The van der Waals surface area contributed by atoms with E-state index in [2.05, 4.69) is 43.0 Å². The number of hydrogen-bond acceptors (Lipinski definition) is 9. The number of hydrogen-bond donors (Lipinski definition) is 4. The lowest BCUT2D eigenvalue weighted by molar-refractivity contribution is 0.0384. The molecule has 12 heteroatoms. The summed E-state index contributed by atoms with van der Waals surface area (Å²) in [4.78, 5) is 23.9. The number of carbonyl (C=O) groups is 1. The Kier molecular flexibility index (Phi) is 8.54. The Hall–Kier alpha value is -4.13. The average molecular weight is 574 g/mol. The van der Waals surface area contributed by atoms with Crippen molar-refractivity contribution in [3.63, 3.8) is 0 Å². The van der Waals surface area contributed by atoms with Gasteiger partial charge in [0.05, 0.1) is 37.0 Å². The first-order chi connectivity index (χ1) is 20.5. The normalized spacial score (nSPS) is 19.5. The Morgan fingerprint density at radius 2 is 1.83 bits per heavy atom. The van der Waals surface area contributed by atoms with Gasteiger partial charge in [0.15, 0.2) is 17.2 Å². The third kappa shape index (κ3) is 6.67. The fourth-order valence-corrected chi connectivity index (χ4v) is 5.44. The maximum absolute atomic E-state index is 14.2. The number of amides is 1. The van der Waals surface area contributed by atoms with Gasteiger partial charge in [-0.3, -0.25) is 14.7 Å². The zero-order valence-corrected chi connectivity index (χ0v) is 23.4. The lowest BCUT2D eigenvalue weighted by Crippen LogP contribution is -2.37. The zero-order valence-electron chi connectivity index (χ0n) is 23.4. The van der Waals surface area contributed by atoms with Gasteiger partial charge < -0.3 is 26.4 Å². The molecule has 2 aliphatic rings. The Balaban J connectivity index is 1.24. The molecule has 1 saturated heterocycles. The van der Waals surface area contributed by atoms with E-state index in [0.717, 1.165) is 76.8 Å². The summed E-state index contributed by atoms with van der Waals surface area (Å²) in [7, 11) is 0. The number of nitrogens with zero attached hydrogens (tertiary/aromatic N) is 5. The molecule has 11 nitrogen and oxygen atoms in total. The topological polar surface area (TPSA) is 135 Å². The number of halogens is 1. The number of imidazole rings is 1. The van der Waals surface area contributed by atoms with E-state index in [1.807, 2.05) is 18.2 Å². The largest absolute Gasteiger partial charge is 0.379 e. The average Bonchev–Trinajstić information content (AvgIpc) is 3.44. The van der Waals surface area contributed by atoms with Gasteiger partial charge in [0.2, 0.25) is 0 Å². The molecule has 0 radical (unpaired) electrons. The maximum Gasteiger partial charge on any atom is 0.276 e. The van der Waals surface area contributed by atoms with E-state index >= 15 is 0 Å². The number of anilines is 4. The number of benzene rings is 1. The zero-order chi connectivity index (χ0) is 28.9. The molecule has 0 spiro atoms. The monoisotopic (exact) mass is 573 g/mol. The molecular formula is C30H36FN9O2. The van der Waals surface area contributed by atoms with Crippen LogP contribution in [0.5, 0.6) is 0 Å². The molecule has 0 unspecified atom stereocenters. The number of nitrogens with one attached hydrogen (secondary N) is 3. The van der Waals surface area contributed by atoms with Gasteiger partial charge >= 0.3 is 0 Å². The van der Waals surface area contributed by atoms with Crippen LogP contribution in [0.1, 0.15) is 41.7 Å². The molecular weight excluding hydrogens is 537 g/mol. The highest BCUT2D eigenvalue weighted by molar-refractivity contribution is 6.03. The fraction of sp³-hybridized carbons (Fsp3) is 0.400. The second-order valence-electron chi connectivity index (χ2n) is 10.9. The first kappa shape index (κ1) is 28.0. The molecule has 1 aromatic carbocycles. The van der Waals surface area contributed by atoms with Crippen molar-refractivity contribution < 1.29 is 13.9 Å². The summed E-state index contributed by atoms with van der Waals surface area (Å²) in [6.07, 6.45) is 8.65. The highest BCUT2D eigenvalue weighted by Gasteiger charge is 2.22.